The van der Waals surface area contributed by atoms with Gasteiger partial charge in [-0.25, -0.2) is 13.2 Å². The van der Waals surface area contributed by atoms with Crippen LogP contribution in [0.3, 0.4) is 0 Å². The standard InChI is InChI=1S/C36H48N2O9S/c1-24(39)26-13-14-32-27(18-26)21-44-16-10-5-3-4-9-15-38(48(32,42)43)20-31(40)30(17-25-11-7-6-8-12-25)37-35(41)47-33-28-19-29-34(45-22-28)46-23-36(29,33)2/h6-8,11-14,18,28-31,33-34,40H,3-5,9-10,15-17,19-23H2,1-2H3,(H,37,41)/t28?,29?,30-,31+,33-,34-,36?/m0/s1. The number of carbonyl (C=O) groups excluding carboxylic acids is 2. The zero-order valence-electron chi connectivity index (χ0n) is 27.8. The number of aliphatic hydroxyl groups is 1. The van der Waals surface area contributed by atoms with Crippen molar-refractivity contribution in [2.45, 2.75) is 94.8 Å². The highest BCUT2D eigenvalue weighted by molar-refractivity contribution is 7.89. The van der Waals surface area contributed by atoms with Crippen molar-refractivity contribution in [2.24, 2.45) is 17.3 Å². The first-order valence-electron chi connectivity index (χ1n) is 17.2. The zero-order valence-corrected chi connectivity index (χ0v) is 28.7. The van der Waals surface area contributed by atoms with E-state index in [4.69, 9.17) is 18.9 Å². The highest BCUT2D eigenvalue weighted by Crippen LogP contribution is 2.57. The molecule has 7 atom stereocenters. The average molecular weight is 685 g/mol. The molecule has 0 spiro atoms. The van der Waals surface area contributed by atoms with Gasteiger partial charge in [-0.3, -0.25) is 4.79 Å². The summed E-state index contributed by atoms with van der Waals surface area (Å²) in [5.41, 5.74) is 1.32. The van der Waals surface area contributed by atoms with Gasteiger partial charge >= 0.3 is 6.09 Å². The lowest BCUT2D eigenvalue weighted by molar-refractivity contribution is -0.170. The fourth-order valence-corrected chi connectivity index (χ4v) is 9.52. The first-order chi connectivity index (χ1) is 23.1. The molecule has 2 aromatic rings. The first kappa shape index (κ1) is 35.0. The Kier molecular flexibility index (Phi) is 10.9. The Bertz CT molecular complexity index is 1550. The average Bonchev–Trinajstić information content (AvgIpc) is 3.51. The number of alkyl carbamates (subject to hydrolysis) is 1. The number of nitrogens with one attached hydrogen (secondary N) is 1. The minimum absolute atomic E-state index is 0.0471. The smallest absolute Gasteiger partial charge is 0.407 e. The van der Waals surface area contributed by atoms with Crippen LogP contribution in [-0.4, -0.2) is 87.2 Å². The fourth-order valence-electron chi connectivity index (χ4n) is 7.83. The summed E-state index contributed by atoms with van der Waals surface area (Å²) in [5.74, 6) is 0.0468. The summed E-state index contributed by atoms with van der Waals surface area (Å²) >= 11 is 0. The van der Waals surface area contributed by atoms with E-state index in [-0.39, 0.29) is 60.3 Å². The van der Waals surface area contributed by atoms with Gasteiger partial charge in [0.15, 0.2) is 12.1 Å². The maximum Gasteiger partial charge on any atom is 0.407 e. The summed E-state index contributed by atoms with van der Waals surface area (Å²) in [6.07, 6.45) is 2.72. The van der Waals surface area contributed by atoms with Gasteiger partial charge in [0.1, 0.15) is 6.10 Å². The SMILES string of the molecule is CC(=O)c1ccc2c(c1)COCCCCCCCN(C[C@@H](O)[C@H](Cc1ccccc1)NC(=O)O[C@H]1C3CO[C@H]4OCC1(C)C4C3)S2(=O)=O. The Balaban J connectivity index is 1.24. The molecule has 3 aliphatic heterocycles. The lowest BCUT2D eigenvalue weighted by atomic mass is 9.80. The highest BCUT2D eigenvalue weighted by Gasteiger charge is 2.63. The van der Waals surface area contributed by atoms with Crippen molar-refractivity contribution >= 4 is 21.9 Å². The molecule has 3 fully saturated rings. The molecule has 3 heterocycles. The number of hydrogen-bond acceptors (Lipinski definition) is 9. The quantitative estimate of drug-likeness (QED) is 0.386. The van der Waals surface area contributed by atoms with E-state index in [1.54, 1.807) is 6.07 Å². The van der Waals surface area contributed by atoms with E-state index < -0.39 is 34.4 Å². The van der Waals surface area contributed by atoms with Crippen molar-refractivity contribution in [1.82, 2.24) is 9.62 Å². The second-order valence-electron chi connectivity index (χ2n) is 14.0. The van der Waals surface area contributed by atoms with Crippen molar-refractivity contribution in [3.63, 3.8) is 0 Å². The molecule has 2 aromatic carbocycles. The summed E-state index contributed by atoms with van der Waals surface area (Å²) < 4.78 is 53.7. The Morgan fingerprint density at radius 3 is 2.65 bits per heavy atom. The molecule has 1 saturated carbocycles. The van der Waals surface area contributed by atoms with Crippen molar-refractivity contribution in [3.8, 4) is 0 Å². The number of sulfonamides is 1. The van der Waals surface area contributed by atoms with Gasteiger partial charge < -0.3 is 29.4 Å². The fraction of sp³-hybridized carbons (Fsp3) is 0.611. The monoisotopic (exact) mass is 684 g/mol. The van der Waals surface area contributed by atoms with E-state index in [0.717, 1.165) is 37.7 Å². The van der Waals surface area contributed by atoms with Gasteiger partial charge in [0.05, 0.1) is 36.9 Å². The van der Waals surface area contributed by atoms with Crippen molar-refractivity contribution in [2.75, 3.05) is 32.9 Å². The first-order valence-corrected chi connectivity index (χ1v) is 18.6. The van der Waals surface area contributed by atoms with Gasteiger partial charge in [-0.15, -0.1) is 0 Å². The highest BCUT2D eigenvalue weighted by atomic mass is 32.2. The minimum Gasteiger partial charge on any atom is -0.445 e. The van der Waals surface area contributed by atoms with Gasteiger partial charge in [-0.05, 0) is 55.9 Å². The van der Waals surface area contributed by atoms with Crippen LogP contribution in [0.15, 0.2) is 53.4 Å². The van der Waals surface area contributed by atoms with Gasteiger partial charge in [0.25, 0.3) is 0 Å². The maximum atomic E-state index is 14.3. The van der Waals surface area contributed by atoms with Crippen LogP contribution in [0.1, 0.15) is 73.9 Å². The molecule has 1 amide bonds. The summed E-state index contributed by atoms with van der Waals surface area (Å²) in [6.45, 7) is 4.91. The third-order valence-electron chi connectivity index (χ3n) is 10.6. The van der Waals surface area contributed by atoms with Crippen LogP contribution in [0.4, 0.5) is 4.79 Å². The van der Waals surface area contributed by atoms with E-state index in [1.807, 2.05) is 30.3 Å². The van der Waals surface area contributed by atoms with Crippen LogP contribution >= 0.6 is 0 Å². The largest absolute Gasteiger partial charge is 0.445 e. The van der Waals surface area contributed by atoms with Gasteiger partial charge in [0, 0.05) is 42.5 Å². The van der Waals surface area contributed by atoms with Crippen LogP contribution < -0.4 is 5.32 Å². The van der Waals surface area contributed by atoms with Crippen LogP contribution in [-0.2, 0) is 42.0 Å². The second-order valence-corrected chi connectivity index (χ2v) is 15.9. The number of nitrogens with zero attached hydrogens (tertiary/aromatic N) is 1. The van der Waals surface area contributed by atoms with Crippen LogP contribution in [0.25, 0.3) is 0 Å². The molecule has 3 unspecified atom stereocenters. The molecular formula is C36H48N2O9S. The molecule has 2 saturated heterocycles. The van der Waals surface area contributed by atoms with E-state index in [1.165, 1.54) is 23.4 Å². The van der Waals surface area contributed by atoms with Crippen LogP contribution in [0.5, 0.6) is 0 Å². The predicted molar refractivity (Wildman–Crippen MR) is 177 cm³/mol. The van der Waals surface area contributed by atoms with Gasteiger partial charge in [-0.2, -0.15) is 4.31 Å². The van der Waals surface area contributed by atoms with E-state index in [9.17, 15) is 23.1 Å². The van der Waals surface area contributed by atoms with Crippen LogP contribution in [0.2, 0.25) is 0 Å². The maximum absolute atomic E-state index is 14.3. The molecule has 1 aliphatic carbocycles. The summed E-state index contributed by atoms with van der Waals surface area (Å²) in [6, 6.07) is 13.2. The number of ether oxygens (including phenoxy) is 4. The lowest BCUT2D eigenvalue weighted by Crippen LogP contribution is -2.52. The van der Waals surface area contributed by atoms with Gasteiger partial charge in [-0.1, -0.05) is 62.6 Å². The summed E-state index contributed by atoms with van der Waals surface area (Å²) in [4.78, 5) is 25.8. The molecule has 12 heteroatoms. The zero-order chi connectivity index (χ0) is 33.9. The molecule has 2 bridgehead atoms. The Morgan fingerprint density at radius 1 is 1.08 bits per heavy atom. The van der Waals surface area contributed by atoms with Crippen molar-refractivity contribution in [1.29, 1.82) is 0 Å². The minimum atomic E-state index is -4.13. The third-order valence-corrected chi connectivity index (χ3v) is 12.5. The molecule has 4 aliphatic rings. The Hall–Kier alpha value is -2.87. The summed E-state index contributed by atoms with van der Waals surface area (Å²) in [5, 5.41) is 14.7. The van der Waals surface area contributed by atoms with Crippen molar-refractivity contribution in [3.05, 3.63) is 65.2 Å². The van der Waals surface area contributed by atoms with Crippen molar-refractivity contribution < 1.29 is 42.1 Å². The Labute approximate surface area is 283 Å². The normalized spacial score (nSPS) is 30.1. The molecular weight excluding hydrogens is 636 g/mol. The number of ketones is 1. The molecule has 2 N–H and O–H groups in total. The number of aliphatic hydroxyl groups excluding tert-OH is 1. The van der Waals surface area contributed by atoms with E-state index in [0.29, 0.717) is 37.4 Å². The number of carbonyl (C=O) groups is 2. The second kappa shape index (κ2) is 14.9. The summed E-state index contributed by atoms with van der Waals surface area (Å²) in [7, 11) is -4.13. The molecule has 48 heavy (non-hydrogen) atoms. The number of fused-ring (bicyclic) bond motifs is 2. The topological polar surface area (TPSA) is 141 Å². The number of β-amino-alcohol motifs (C(OH)–C–C–N with tert-alkyl or cyclic N) is 1. The number of hydrogen-bond donors (Lipinski definition) is 2. The Morgan fingerprint density at radius 2 is 1.85 bits per heavy atom. The molecule has 6 rings (SSSR count). The third kappa shape index (κ3) is 7.49. The predicted octanol–water partition coefficient (Wildman–Crippen LogP) is 4.46. The van der Waals surface area contributed by atoms with E-state index in [2.05, 4.69) is 12.2 Å². The van der Waals surface area contributed by atoms with Gasteiger partial charge in [0.2, 0.25) is 10.0 Å². The number of amides is 1. The molecule has 0 aromatic heterocycles. The molecule has 262 valence electrons. The molecule has 11 nitrogen and oxygen atoms in total. The van der Waals surface area contributed by atoms with E-state index >= 15 is 0 Å². The number of benzene rings is 2. The lowest BCUT2D eigenvalue weighted by Gasteiger charge is -2.33. The van der Waals surface area contributed by atoms with Crippen LogP contribution in [0, 0.1) is 17.3 Å². The number of Topliss-reactive ketones (excluding diaryl/α,β-unsaturated/α-hetero) is 1. The molecule has 0 radical (unpaired) electrons. The number of rotatable bonds is 8.